The van der Waals surface area contributed by atoms with Crippen LogP contribution in [0.3, 0.4) is 0 Å². The van der Waals surface area contributed by atoms with E-state index in [1.54, 1.807) is 11.3 Å². The Morgan fingerprint density at radius 2 is 2.00 bits per heavy atom. The third kappa shape index (κ3) is 4.32. The number of nitriles is 1. The fourth-order valence-corrected chi connectivity index (χ4v) is 4.36. The van der Waals surface area contributed by atoms with Crippen LogP contribution in [-0.4, -0.2) is 18.0 Å². The van der Waals surface area contributed by atoms with Crippen LogP contribution in [0, 0.1) is 11.3 Å². The summed E-state index contributed by atoms with van der Waals surface area (Å²) in [6, 6.07) is 14.9. The summed E-state index contributed by atoms with van der Waals surface area (Å²) in [5.41, 5.74) is 1.78. The van der Waals surface area contributed by atoms with Crippen LogP contribution in [0.5, 0.6) is 0 Å². The largest absolute Gasteiger partial charge is 0.337 e. The summed E-state index contributed by atoms with van der Waals surface area (Å²) in [4.78, 5) is 13.6. The van der Waals surface area contributed by atoms with Crippen molar-refractivity contribution in [1.29, 1.82) is 5.26 Å². The number of benzene rings is 1. The van der Waals surface area contributed by atoms with Gasteiger partial charge < -0.3 is 5.32 Å². The Hall–Kier alpha value is -2.16. The Morgan fingerprint density at radius 3 is 2.58 bits per heavy atom. The van der Waals surface area contributed by atoms with Crippen molar-refractivity contribution in [2.45, 2.75) is 50.6 Å². The Balaban J connectivity index is 1.68. The van der Waals surface area contributed by atoms with Gasteiger partial charge in [0.2, 0.25) is 5.91 Å². The zero-order chi connectivity index (χ0) is 18.4. The first kappa shape index (κ1) is 18.6. The van der Waals surface area contributed by atoms with Crippen molar-refractivity contribution < 1.29 is 4.79 Å². The van der Waals surface area contributed by atoms with Gasteiger partial charge in [0.25, 0.3) is 0 Å². The zero-order valence-electron chi connectivity index (χ0n) is 15.1. The molecule has 5 heteroatoms. The van der Waals surface area contributed by atoms with Gasteiger partial charge in [0, 0.05) is 4.88 Å². The van der Waals surface area contributed by atoms with Gasteiger partial charge in [-0.05, 0) is 54.7 Å². The van der Waals surface area contributed by atoms with Crippen LogP contribution in [0.4, 0.5) is 0 Å². The standard InChI is InChI=1S/C21H25N3OS/c1-2-16-7-9-17(10-8-16)20(18-6-5-13-26-18)23-14-19(25)24-21(15-22)11-3-4-12-21/h5-10,13,20,23H,2-4,11-12,14H2,1H3,(H,24,25). The molecule has 2 N–H and O–H groups in total. The monoisotopic (exact) mass is 367 g/mol. The molecule has 1 unspecified atom stereocenters. The zero-order valence-corrected chi connectivity index (χ0v) is 15.9. The second-order valence-corrected chi connectivity index (χ2v) is 7.85. The van der Waals surface area contributed by atoms with Gasteiger partial charge in [-0.2, -0.15) is 5.26 Å². The molecule has 1 aliphatic carbocycles. The van der Waals surface area contributed by atoms with Crippen LogP contribution in [0.2, 0.25) is 0 Å². The highest BCUT2D eigenvalue weighted by Crippen LogP contribution is 2.29. The molecule has 0 spiro atoms. The number of carbonyl (C=O) groups excluding carboxylic acids is 1. The van der Waals surface area contributed by atoms with Crippen LogP contribution < -0.4 is 10.6 Å². The maximum atomic E-state index is 12.4. The minimum Gasteiger partial charge on any atom is -0.337 e. The average molecular weight is 368 g/mol. The number of nitrogens with zero attached hydrogens (tertiary/aromatic N) is 1. The molecule has 26 heavy (non-hydrogen) atoms. The SMILES string of the molecule is CCc1ccc(C(NCC(=O)NC2(C#N)CCCC2)c2cccs2)cc1. The van der Waals surface area contributed by atoms with Gasteiger partial charge in [-0.1, -0.05) is 37.3 Å². The van der Waals surface area contributed by atoms with Gasteiger partial charge in [-0.25, -0.2) is 0 Å². The molecule has 0 saturated heterocycles. The first-order chi connectivity index (χ1) is 12.7. The molecular weight excluding hydrogens is 342 g/mol. The maximum absolute atomic E-state index is 12.4. The lowest BCUT2D eigenvalue weighted by Gasteiger charge is -2.23. The van der Waals surface area contributed by atoms with Gasteiger partial charge in [0.1, 0.15) is 5.54 Å². The van der Waals surface area contributed by atoms with E-state index in [4.69, 9.17) is 0 Å². The smallest absolute Gasteiger partial charge is 0.235 e. The number of hydrogen-bond acceptors (Lipinski definition) is 4. The van der Waals surface area contributed by atoms with Crippen molar-refractivity contribution in [3.05, 3.63) is 57.8 Å². The van der Waals surface area contributed by atoms with Gasteiger partial charge >= 0.3 is 0 Å². The van der Waals surface area contributed by atoms with Crippen LogP contribution >= 0.6 is 11.3 Å². The number of aryl methyl sites for hydroxylation is 1. The summed E-state index contributed by atoms with van der Waals surface area (Å²) < 4.78 is 0. The first-order valence-corrected chi connectivity index (χ1v) is 10.1. The third-order valence-electron chi connectivity index (χ3n) is 5.07. The van der Waals surface area contributed by atoms with E-state index in [1.807, 2.05) is 11.4 Å². The van der Waals surface area contributed by atoms with E-state index in [-0.39, 0.29) is 18.5 Å². The van der Waals surface area contributed by atoms with Gasteiger partial charge in [-0.15, -0.1) is 11.3 Å². The number of nitrogens with one attached hydrogen (secondary N) is 2. The van der Waals surface area contributed by atoms with Crippen molar-refractivity contribution in [2.75, 3.05) is 6.54 Å². The Bertz CT molecular complexity index is 756. The summed E-state index contributed by atoms with van der Waals surface area (Å²) in [6.45, 7) is 2.34. The molecule has 1 aromatic carbocycles. The quantitative estimate of drug-likeness (QED) is 0.779. The van der Waals surface area contributed by atoms with Crippen LogP contribution in [0.15, 0.2) is 41.8 Å². The van der Waals surface area contributed by atoms with Crippen molar-refractivity contribution in [3.63, 3.8) is 0 Å². The summed E-state index contributed by atoms with van der Waals surface area (Å²) in [5, 5.41) is 17.8. The molecule has 1 atom stereocenters. The molecule has 0 radical (unpaired) electrons. The van der Waals surface area contributed by atoms with E-state index in [1.165, 1.54) is 10.4 Å². The molecule has 1 aromatic heterocycles. The summed E-state index contributed by atoms with van der Waals surface area (Å²) in [5.74, 6) is -0.111. The van der Waals surface area contributed by atoms with E-state index in [2.05, 4.69) is 54.0 Å². The third-order valence-corrected chi connectivity index (χ3v) is 6.00. The minimum absolute atomic E-state index is 0.0201. The van der Waals surface area contributed by atoms with Crippen LogP contribution in [0.25, 0.3) is 0 Å². The predicted octanol–water partition coefficient (Wildman–Crippen LogP) is 3.94. The molecular formula is C21H25N3OS. The van der Waals surface area contributed by atoms with Crippen molar-refractivity contribution in [1.82, 2.24) is 10.6 Å². The van der Waals surface area contributed by atoms with Crippen molar-refractivity contribution >= 4 is 17.2 Å². The first-order valence-electron chi connectivity index (χ1n) is 9.24. The number of amides is 1. The summed E-state index contributed by atoms with van der Waals surface area (Å²) in [7, 11) is 0. The Kier molecular flexibility index (Phi) is 6.08. The second kappa shape index (κ2) is 8.48. The Morgan fingerprint density at radius 1 is 1.27 bits per heavy atom. The molecule has 4 nitrogen and oxygen atoms in total. The van der Waals surface area contributed by atoms with Crippen molar-refractivity contribution in [2.24, 2.45) is 0 Å². The molecule has 136 valence electrons. The van der Waals surface area contributed by atoms with Crippen molar-refractivity contribution in [3.8, 4) is 6.07 Å². The number of hydrogen-bond donors (Lipinski definition) is 2. The highest BCUT2D eigenvalue weighted by atomic mass is 32.1. The number of rotatable bonds is 7. The van der Waals surface area contributed by atoms with Gasteiger partial charge in [0.05, 0.1) is 18.7 Å². The lowest BCUT2D eigenvalue weighted by atomic mass is 10.00. The molecule has 1 aliphatic rings. The number of carbonyl (C=O) groups is 1. The van der Waals surface area contributed by atoms with Gasteiger partial charge in [-0.3, -0.25) is 10.1 Å². The summed E-state index contributed by atoms with van der Waals surface area (Å²) >= 11 is 1.68. The molecule has 1 amide bonds. The van der Waals surface area contributed by atoms with E-state index < -0.39 is 5.54 Å². The van der Waals surface area contributed by atoms with E-state index in [9.17, 15) is 10.1 Å². The highest BCUT2D eigenvalue weighted by Gasteiger charge is 2.35. The average Bonchev–Trinajstić information content (AvgIpc) is 3.35. The van der Waals surface area contributed by atoms with Crippen LogP contribution in [-0.2, 0) is 11.2 Å². The van der Waals surface area contributed by atoms with Crippen LogP contribution in [0.1, 0.15) is 54.7 Å². The molecule has 0 aliphatic heterocycles. The normalized spacial score (nSPS) is 16.8. The minimum atomic E-state index is -0.667. The highest BCUT2D eigenvalue weighted by molar-refractivity contribution is 7.10. The van der Waals surface area contributed by atoms with E-state index in [0.29, 0.717) is 0 Å². The molecule has 3 rings (SSSR count). The lowest BCUT2D eigenvalue weighted by Crippen LogP contribution is -2.48. The van der Waals surface area contributed by atoms with E-state index in [0.717, 1.165) is 37.7 Å². The fraction of sp³-hybridized carbons (Fsp3) is 0.429. The van der Waals surface area contributed by atoms with Gasteiger partial charge in [0.15, 0.2) is 0 Å². The fourth-order valence-electron chi connectivity index (χ4n) is 3.53. The lowest BCUT2D eigenvalue weighted by molar-refractivity contribution is -0.121. The molecule has 2 aromatic rings. The Labute approximate surface area is 159 Å². The van der Waals surface area contributed by atoms with E-state index >= 15 is 0 Å². The molecule has 1 heterocycles. The summed E-state index contributed by atoms with van der Waals surface area (Å²) in [6.07, 6.45) is 4.52. The molecule has 1 saturated carbocycles. The topological polar surface area (TPSA) is 64.9 Å². The molecule has 0 bridgehead atoms. The number of thiophene rings is 1. The second-order valence-electron chi connectivity index (χ2n) is 6.87. The predicted molar refractivity (Wildman–Crippen MR) is 105 cm³/mol. The molecule has 1 fully saturated rings. The maximum Gasteiger partial charge on any atom is 0.235 e.